The van der Waals surface area contributed by atoms with Crippen LogP contribution in [0.4, 0.5) is 0 Å². The Morgan fingerprint density at radius 1 is 1.40 bits per heavy atom. The molecule has 4 heteroatoms. The summed E-state index contributed by atoms with van der Waals surface area (Å²) >= 11 is 1.88. The molecule has 2 aliphatic heterocycles. The van der Waals surface area contributed by atoms with E-state index in [0.29, 0.717) is 6.04 Å². The molecule has 2 saturated heterocycles. The highest BCUT2D eigenvalue weighted by Crippen LogP contribution is 2.34. The quantitative estimate of drug-likeness (QED) is 0.926. The Hall–Kier alpha value is -0.420. The highest BCUT2D eigenvalue weighted by atomic mass is 32.1. The molecule has 112 valence electrons. The van der Waals surface area contributed by atoms with Crippen molar-refractivity contribution in [3.05, 3.63) is 21.9 Å². The average molecular weight is 293 g/mol. The van der Waals surface area contributed by atoms with Gasteiger partial charge in [0.2, 0.25) is 0 Å². The van der Waals surface area contributed by atoms with Crippen molar-refractivity contribution < 1.29 is 0 Å². The van der Waals surface area contributed by atoms with Gasteiger partial charge in [-0.2, -0.15) is 0 Å². The average Bonchev–Trinajstić information content (AvgIpc) is 3.08. The fourth-order valence-electron chi connectivity index (χ4n) is 3.81. The van der Waals surface area contributed by atoms with E-state index >= 15 is 0 Å². The fourth-order valence-corrected chi connectivity index (χ4v) is 4.95. The van der Waals surface area contributed by atoms with E-state index in [2.05, 4.69) is 35.1 Å². The zero-order valence-electron chi connectivity index (χ0n) is 12.7. The lowest BCUT2D eigenvalue weighted by Gasteiger charge is -2.43. The Balaban J connectivity index is 1.81. The first-order chi connectivity index (χ1) is 9.70. The molecule has 3 unspecified atom stereocenters. The summed E-state index contributed by atoms with van der Waals surface area (Å²) in [5.41, 5.74) is 7.91. The van der Waals surface area contributed by atoms with Crippen LogP contribution in [0.2, 0.25) is 0 Å². The summed E-state index contributed by atoms with van der Waals surface area (Å²) in [6.07, 6.45) is 3.79. The molecule has 0 aromatic carbocycles. The lowest BCUT2D eigenvalue weighted by atomic mass is 9.98. The van der Waals surface area contributed by atoms with Gasteiger partial charge >= 0.3 is 0 Å². The normalized spacial score (nSPS) is 27.4. The van der Waals surface area contributed by atoms with E-state index in [1.54, 1.807) is 0 Å². The molecule has 0 aliphatic carbocycles. The largest absolute Gasteiger partial charge is 0.326 e. The molecule has 3 atom stereocenters. The Morgan fingerprint density at radius 3 is 2.95 bits per heavy atom. The molecular formula is C16H27N3S. The van der Waals surface area contributed by atoms with Crippen LogP contribution in [-0.4, -0.2) is 48.1 Å². The SMILES string of the molecule is CCC(N)C(c1sccc1C)N1CCN2CCCC2C1. The molecule has 0 bridgehead atoms. The third-order valence-corrected chi connectivity index (χ3v) is 6.15. The van der Waals surface area contributed by atoms with Crippen molar-refractivity contribution in [1.29, 1.82) is 0 Å². The minimum Gasteiger partial charge on any atom is -0.326 e. The van der Waals surface area contributed by atoms with Gasteiger partial charge in [0.25, 0.3) is 0 Å². The number of piperazine rings is 1. The number of rotatable bonds is 4. The van der Waals surface area contributed by atoms with Gasteiger partial charge < -0.3 is 5.73 Å². The minimum absolute atomic E-state index is 0.250. The second kappa shape index (κ2) is 6.14. The Morgan fingerprint density at radius 2 is 2.25 bits per heavy atom. The summed E-state index contributed by atoms with van der Waals surface area (Å²) in [7, 11) is 0. The highest BCUT2D eigenvalue weighted by Gasteiger charge is 2.36. The molecule has 1 aromatic rings. The van der Waals surface area contributed by atoms with Gasteiger partial charge in [0.15, 0.2) is 0 Å². The molecule has 0 amide bonds. The van der Waals surface area contributed by atoms with Crippen molar-refractivity contribution in [2.75, 3.05) is 26.2 Å². The van der Waals surface area contributed by atoms with Gasteiger partial charge in [-0.25, -0.2) is 0 Å². The lowest BCUT2D eigenvalue weighted by Crippen LogP contribution is -2.54. The summed E-state index contributed by atoms with van der Waals surface area (Å²) in [6, 6.07) is 3.68. The second-order valence-electron chi connectivity index (χ2n) is 6.31. The monoisotopic (exact) mass is 293 g/mol. The zero-order chi connectivity index (χ0) is 14.1. The topological polar surface area (TPSA) is 32.5 Å². The maximum atomic E-state index is 6.50. The minimum atomic E-state index is 0.250. The number of hydrogen-bond acceptors (Lipinski definition) is 4. The third kappa shape index (κ3) is 2.67. The Bertz CT molecular complexity index is 445. The number of aryl methyl sites for hydroxylation is 1. The van der Waals surface area contributed by atoms with E-state index in [4.69, 9.17) is 5.73 Å². The highest BCUT2D eigenvalue weighted by molar-refractivity contribution is 7.10. The molecule has 1 aromatic heterocycles. The van der Waals surface area contributed by atoms with E-state index in [9.17, 15) is 0 Å². The number of nitrogens with zero attached hydrogens (tertiary/aromatic N) is 2. The standard InChI is InChI=1S/C16H27N3S/c1-3-14(17)15(16-12(2)6-10-20-16)19-9-8-18-7-4-5-13(18)11-19/h6,10,13-15H,3-5,7-9,11,17H2,1-2H3. The molecule has 20 heavy (non-hydrogen) atoms. The Kier molecular flexibility index (Phi) is 4.46. The van der Waals surface area contributed by atoms with Crippen molar-refractivity contribution in [3.63, 3.8) is 0 Å². The summed E-state index contributed by atoms with van der Waals surface area (Å²) in [4.78, 5) is 6.83. The molecule has 2 aliphatic rings. The van der Waals surface area contributed by atoms with E-state index in [-0.39, 0.29) is 6.04 Å². The van der Waals surface area contributed by atoms with Gasteiger partial charge in [0.05, 0.1) is 6.04 Å². The molecule has 3 rings (SSSR count). The van der Waals surface area contributed by atoms with Gasteiger partial charge in [0, 0.05) is 36.6 Å². The molecule has 2 fully saturated rings. The van der Waals surface area contributed by atoms with Crippen LogP contribution in [0.3, 0.4) is 0 Å². The van der Waals surface area contributed by atoms with Gasteiger partial charge in [-0.05, 0) is 49.7 Å². The second-order valence-corrected chi connectivity index (χ2v) is 7.26. The van der Waals surface area contributed by atoms with Crippen LogP contribution in [0.15, 0.2) is 11.4 Å². The van der Waals surface area contributed by atoms with Crippen molar-refractivity contribution in [2.24, 2.45) is 5.73 Å². The first-order valence-electron chi connectivity index (χ1n) is 7.98. The maximum absolute atomic E-state index is 6.50. The van der Waals surface area contributed by atoms with Crippen LogP contribution >= 0.6 is 11.3 Å². The van der Waals surface area contributed by atoms with Gasteiger partial charge in [-0.1, -0.05) is 6.92 Å². The fraction of sp³-hybridized carbons (Fsp3) is 0.750. The van der Waals surface area contributed by atoms with Crippen LogP contribution < -0.4 is 5.73 Å². The Labute approximate surface area is 126 Å². The number of thiophene rings is 1. The molecule has 0 radical (unpaired) electrons. The first kappa shape index (κ1) is 14.5. The smallest absolute Gasteiger partial charge is 0.0597 e. The number of nitrogens with two attached hydrogens (primary N) is 1. The predicted octanol–water partition coefficient (Wildman–Crippen LogP) is 2.61. The van der Waals surface area contributed by atoms with Crippen molar-refractivity contribution in [3.8, 4) is 0 Å². The number of hydrogen-bond donors (Lipinski definition) is 1. The first-order valence-corrected chi connectivity index (χ1v) is 8.86. The predicted molar refractivity (Wildman–Crippen MR) is 86.2 cm³/mol. The van der Waals surface area contributed by atoms with E-state index < -0.39 is 0 Å². The van der Waals surface area contributed by atoms with Crippen LogP contribution in [-0.2, 0) is 0 Å². The van der Waals surface area contributed by atoms with Gasteiger partial charge in [-0.3, -0.25) is 9.80 Å². The molecular weight excluding hydrogens is 266 g/mol. The summed E-state index contributed by atoms with van der Waals surface area (Å²) in [5.74, 6) is 0. The summed E-state index contributed by atoms with van der Waals surface area (Å²) in [6.45, 7) is 9.35. The van der Waals surface area contributed by atoms with Crippen LogP contribution in [0.25, 0.3) is 0 Å². The van der Waals surface area contributed by atoms with Crippen LogP contribution in [0.1, 0.15) is 42.7 Å². The lowest BCUT2D eigenvalue weighted by molar-refractivity contribution is 0.0619. The maximum Gasteiger partial charge on any atom is 0.0597 e. The summed E-state index contributed by atoms with van der Waals surface area (Å²) < 4.78 is 0. The summed E-state index contributed by atoms with van der Waals surface area (Å²) in [5, 5.41) is 2.21. The number of fused-ring (bicyclic) bond motifs is 1. The molecule has 3 nitrogen and oxygen atoms in total. The van der Waals surface area contributed by atoms with E-state index in [1.807, 2.05) is 11.3 Å². The molecule has 0 spiro atoms. The van der Waals surface area contributed by atoms with Crippen molar-refractivity contribution >= 4 is 11.3 Å². The molecule has 3 heterocycles. The van der Waals surface area contributed by atoms with E-state index in [0.717, 1.165) is 12.5 Å². The van der Waals surface area contributed by atoms with Crippen molar-refractivity contribution in [1.82, 2.24) is 9.80 Å². The third-order valence-electron chi connectivity index (χ3n) is 5.06. The van der Waals surface area contributed by atoms with E-state index in [1.165, 1.54) is 49.5 Å². The van der Waals surface area contributed by atoms with Crippen molar-refractivity contribution in [2.45, 2.75) is 51.2 Å². The van der Waals surface area contributed by atoms with Gasteiger partial charge in [0.1, 0.15) is 0 Å². The zero-order valence-corrected chi connectivity index (χ0v) is 13.5. The van der Waals surface area contributed by atoms with Crippen LogP contribution in [0.5, 0.6) is 0 Å². The molecule has 0 saturated carbocycles. The van der Waals surface area contributed by atoms with Gasteiger partial charge in [-0.15, -0.1) is 11.3 Å². The van der Waals surface area contributed by atoms with Crippen LogP contribution in [0, 0.1) is 6.92 Å². The molecule has 2 N–H and O–H groups in total.